The van der Waals surface area contributed by atoms with E-state index in [0.29, 0.717) is 0 Å². The molecular formula is C9H9ClN2S. The van der Waals surface area contributed by atoms with Gasteiger partial charge in [-0.05, 0) is 24.0 Å². The van der Waals surface area contributed by atoms with Gasteiger partial charge in [0.25, 0.3) is 0 Å². The molecule has 0 saturated heterocycles. The largest absolute Gasteiger partial charge is 0.342 e. The number of rotatable bonds is 2. The molecule has 0 aliphatic heterocycles. The minimum Gasteiger partial charge on any atom is -0.342 e. The quantitative estimate of drug-likeness (QED) is 0.737. The summed E-state index contributed by atoms with van der Waals surface area (Å²) < 4.78 is 0. The van der Waals surface area contributed by atoms with Gasteiger partial charge < -0.3 is 4.98 Å². The SMILES string of the molecule is SCCc1nc2ccc(Cl)cc2[nH]1. The molecule has 1 aromatic carbocycles. The third kappa shape index (κ3) is 1.81. The van der Waals surface area contributed by atoms with E-state index < -0.39 is 0 Å². The van der Waals surface area contributed by atoms with Crippen molar-refractivity contribution in [2.45, 2.75) is 6.42 Å². The number of hydrogen-bond acceptors (Lipinski definition) is 2. The third-order valence-electron chi connectivity index (χ3n) is 1.84. The second-order valence-corrected chi connectivity index (χ2v) is 3.70. The number of aryl methyl sites for hydroxylation is 1. The van der Waals surface area contributed by atoms with E-state index in [4.69, 9.17) is 11.6 Å². The number of aromatic nitrogens is 2. The van der Waals surface area contributed by atoms with Gasteiger partial charge in [0, 0.05) is 11.4 Å². The van der Waals surface area contributed by atoms with Crippen molar-refractivity contribution in [1.29, 1.82) is 0 Å². The summed E-state index contributed by atoms with van der Waals surface area (Å²) in [6.45, 7) is 0. The van der Waals surface area contributed by atoms with E-state index in [1.807, 2.05) is 18.2 Å². The Morgan fingerprint density at radius 1 is 1.46 bits per heavy atom. The Balaban J connectivity index is 2.49. The molecule has 0 fully saturated rings. The van der Waals surface area contributed by atoms with Crippen molar-refractivity contribution in [2.75, 3.05) is 5.75 Å². The summed E-state index contributed by atoms with van der Waals surface area (Å²) in [4.78, 5) is 7.57. The van der Waals surface area contributed by atoms with Crippen molar-refractivity contribution in [1.82, 2.24) is 9.97 Å². The number of halogens is 1. The Kier molecular flexibility index (Phi) is 2.47. The van der Waals surface area contributed by atoms with Crippen LogP contribution >= 0.6 is 24.2 Å². The molecule has 0 atom stereocenters. The molecule has 2 rings (SSSR count). The van der Waals surface area contributed by atoms with Crippen molar-refractivity contribution in [3.63, 3.8) is 0 Å². The number of nitrogens with one attached hydrogen (secondary N) is 1. The summed E-state index contributed by atoms with van der Waals surface area (Å²) in [7, 11) is 0. The number of thiol groups is 1. The zero-order chi connectivity index (χ0) is 9.26. The molecule has 0 spiro atoms. The maximum atomic E-state index is 5.84. The van der Waals surface area contributed by atoms with Crippen LogP contribution in [0.1, 0.15) is 5.82 Å². The van der Waals surface area contributed by atoms with E-state index in [1.54, 1.807) is 0 Å². The molecule has 1 heterocycles. The van der Waals surface area contributed by atoms with E-state index in [2.05, 4.69) is 22.6 Å². The van der Waals surface area contributed by atoms with Crippen LogP contribution in [0.3, 0.4) is 0 Å². The van der Waals surface area contributed by atoms with E-state index in [-0.39, 0.29) is 0 Å². The number of imidazole rings is 1. The average Bonchev–Trinajstić information content (AvgIpc) is 2.46. The lowest BCUT2D eigenvalue weighted by Gasteiger charge is -1.87. The summed E-state index contributed by atoms with van der Waals surface area (Å²) in [5.41, 5.74) is 1.95. The summed E-state index contributed by atoms with van der Waals surface area (Å²) in [5, 5.41) is 0.730. The van der Waals surface area contributed by atoms with Gasteiger partial charge in [0.15, 0.2) is 0 Å². The zero-order valence-corrected chi connectivity index (χ0v) is 8.57. The highest BCUT2D eigenvalue weighted by molar-refractivity contribution is 7.80. The molecule has 13 heavy (non-hydrogen) atoms. The van der Waals surface area contributed by atoms with Gasteiger partial charge in [-0.2, -0.15) is 12.6 Å². The van der Waals surface area contributed by atoms with Gasteiger partial charge in [-0.3, -0.25) is 0 Å². The topological polar surface area (TPSA) is 28.7 Å². The zero-order valence-electron chi connectivity index (χ0n) is 6.92. The van der Waals surface area contributed by atoms with Gasteiger partial charge in [0.05, 0.1) is 11.0 Å². The molecule has 0 radical (unpaired) electrons. The van der Waals surface area contributed by atoms with Crippen LogP contribution in [0.4, 0.5) is 0 Å². The Bertz CT molecular complexity index is 424. The summed E-state index contributed by atoms with van der Waals surface area (Å²) in [6.07, 6.45) is 0.857. The Hall–Kier alpha value is -0.670. The number of fused-ring (bicyclic) bond motifs is 1. The molecule has 0 aliphatic carbocycles. The van der Waals surface area contributed by atoms with Crippen molar-refractivity contribution in [2.24, 2.45) is 0 Å². The van der Waals surface area contributed by atoms with Crippen LogP contribution in [0, 0.1) is 0 Å². The van der Waals surface area contributed by atoms with Crippen LogP contribution in [0.5, 0.6) is 0 Å². The summed E-state index contributed by atoms with van der Waals surface area (Å²) in [6, 6.07) is 5.64. The fraction of sp³-hybridized carbons (Fsp3) is 0.222. The molecule has 1 N–H and O–H groups in total. The lowest BCUT2D eigenvalue weighted by Crippen LogP contribution is -1.87. The van der Waals surface area contributed by atoms with Gasteiger partial charge >= 0.3 is 0 Å². The predicted octanol–water partition coefficient (Wildman–Crippen LogP) is 2.69. The fourth-order valence-corrected chi connectivity index (χ4v) is 1.64. The van der Waals surface area contributed by atoms with Crippen LogP contribution < -0.4 is 0 Å². The molecule has 1 aromatic heterocycles. The lowest BCUT2D eigenvalue weighted by molar-refractivity contribution is 1.01. The van der Waals surface area contributed by atoms with Gasteiger partial charge in [-0.15, -0.1) is 0 Å². The monoisotopic (exact) mass is 212 g/mol. The fourth-order valence-electron chi connectivity index (χ4n) is 1.26. The van der Waals surface area contributed by atoms with Crippen LogP contribution in [0.25, 0.3) is 11.0 Å². The Labute approximate surface area is 86.7 Å². The lowest BCUT2D eigenvalue weighted by atomic mass is 10.3. The van der Waals surface area contributed by atoms with Crippen molar-refractivity contribution in [3.8, 4) is 0 Å². The Morgan fingerprint density at radius 3 is 3.08 bits per heavy atom. The molecule has 0 unspecified atom stereocenters. The average molecular weight is 213 g/mol. The second kappa shape index (κ2) is 3.60. The maximum Gasteiger partial charge on any atom is 0.108 e. The van der Waals surface area contributed by atoms with Crippen LogP contribution in [-0.2, 0) is 6.42 Å². The summed E-state index contributed by atoms with van der Waals surface area (Å²) in [5.74, 6) is 1.76. The van der Waals surface area contributed by atoms with E-state index in [9.17, 15) is 0 Å². The number of H-pyrrole nitrogens is 1. The van der Waals surface area contributed by atoms with Gasteiger partial charge in [0.2, 0.25) is 0 Å². The molecular weight excluding hydrogens is 204 g/mol. The highest BCUT2D eigenvalue weighted by Crippen LogP contribution is 2.17. The van der Waals surface area contributed by atoms with Gasteiger partial charge in [0.1, 0.15) is 5.82 Å². The molecule has 0 saturated carbocycles. The number of benzene rings is 1. The predicted molar refractivity (Wildman–Crippen MR) is 58.7 cm³/mol. The Morgan fingerprint density at radius 2 is 2.31 bits per heavy atom. The normalized spacial score (nSPS) is 10.9. The maximum absolute atomic E-state index is 5.84. The van der Waals surface area contributed by atoms with Crippen molar-refractivity contribution < 1.29 is 0 Å². The molecule has 4 heteroatoms. The molecule has 0 amide bonds. The molecule has 2 nitrogen and oxygen atoms in total. The second-order valence-electron chi connectivity index (χ2n) is 2.82. The van der Waals surface area contributed by atoms with Crippen LogP contribution in [-0.4, -0.2) is 15.7 Å². The first-order valence-corrected chi connectivity index (χ1v) is 5.05. The minimum atomic E-state index is 0.730. The highest BCUT2D eigenvalue weighted by atomic mass is 35.5. The van der Waals surface area contributed by atoms with Gasteiger partial charge in [-0.25, -0.2) is 4.98 Å². The number of hydrogen-bond donors (Lipinski definition) is 2. The smallest absolute Gasteiger partial charge is 0.108 e. The molecule has 0 aliphatic rings. The first-order chi connectivity index (χ1) is 6.29. The van der Waals surface area contributed by atoms with E-state index in [1.165, 1.54) is 0 Å². The van der Waals surface area contributed by atoms with E-state index in [0.717, 1.165) is 34.1 Å². The van der Waals surface area contributed by atoms with Crippen LogP contribution in [0.15, 0.2) is 18.2 Å². The minimum absolute atomic E-state index is 0.730. The highest BCUT2D eigenvalue weighted by Gasteiger charge is 2.01. The first kappa shape index (κ1) is 8.91. The van der Waals surface area contributed by atoms with Gasteiger partial charge in [-0.1, -0.05) is 11.6 Å². The number of aromatic amines is 1. The number of nitrogens with zero attached hydrogens (tertiary/aromatic N) is 1. The third-order valence-corrected chi connectivity index (χ3v) is 2.30. The molecule has 2 aromatic rings. The van der Waals surface area contributed by atoms with Crippen molar-refractivity contribution in [3.05, 3.63) is 29.0 Å². The summed E-state index contributed by atoms with van der Waals surface area (Å²) >= 11 is 9.99. The van der Waals surface area contributed by atoms with E-state index >= 15 is 0 Å². The van der Waals surface area contributed by atoms with Crippen LogP contribution in [0.2, 0.25) is 5.02 Å². The van der Waals surface area contributed by atoms with Crippen molar-refractivity contribution >= 4 is 35.3 Å². The standard InChI is InChI=1S/C9H9ClN2S/c10-6-1-2-7-8(5-6)12-9(11-7)3-4-13/h1-2,5,13H,3-4H2,(H,11,12). The molecule has 0 bridgehead atoms. The first-order valence-electron chi connectivity index (χ1n) is 4.04. The molecule has 68 valence electrons.